The summed E-state index contributed by atoms with van der Waals surface area (Å²) in [7, 11) is 0. The van der Waals surface area contributed by atoms with Crippen LogP contribution in [0.25, 0.3) is 11.0 Å². The van der Waals surface area contributed by atoms with E-state index in [0.29, 0.717) is 23.2 Å². The zero-order valence-electron chi connectivity index (χ0n) is 11.5. The van der Waals surface area contributed by atoms with Crippen LogP contribution in [-0.2, 0) is 18.1 Å². The molecule has 0 radical (unpaired) electrons. The van der Waals surface area contributed by atoms with Gasteiger partial charge in [-0.3, -0.25) is 0 Å². The second-order valence-corrected chi connectivity index (χ2v) is 5.30. The molecule has 0 saturated heterocycles. The lowest BCUT2D eigenvalue weighted by atomic mass is 10.2. The van der Waals surface area contributed by atoms with Crippen molar-refractivity contribution in [1.29, 1.82) is 0 Å². The molecule has 0 saturated carbocycles. The molecule has 110 valence electrons. The van der Waals surface area contributed by atoms with Crippen LogP contribution in [0.4, 0.5) is 0 Å². The fourth-order valence-corrected chi connectivity index (χ4v) is 2.66. The van der Waals surface area contributed by atoms with Crippen molar-refractivity contribution in [2.24, 2.45) is 0 Å². The molecule has 0 atom stereocenters. The van der Waals surface area contributed by atoms with Gasteiger partial charge in [0.05, 0.1) is 12.2 Å². The first-order chi connectivity index (χ1) is 10.7. The summed E-state index contributed by atoms with van der Waals surface area (Å²) in [6.45, 7) is 0.774. The summed E-state index contributed by atoms with van der Waals surface area (Å²) in [5.74, 6) is 2.57. The number of ether oxygens (including phenoxy) is 1. The number of halogens is 2. The lowest BCUT2D eigenvalue weighted by Crippen LogP contribution is -2.02. The van der Waals surface area contributed by atoms with E-state index in [1.54, 1.807) is 10.8 Å². The van der Waals surface area contributed by atoms with Crippen LogP contribution in [0.1, 0.15) is 11.1 Å². The minimum Gasteiger partial charge on any atom is -0.356 e. The Morgan fingerprint density at radius 2 is 1.95 bits per heavy atom. The first-order valence-electron chi connectivity index (χ1n) is 6.49. The molecule has 3 aromatic rings. The van der Waals surface area contributed by atoms with Gasteiger partial charge in [-0.15, -0.1) is 6.42 Å². The Morgan fingerprint density at radius 1 is 1.18 bits per heavy atom. The third kappa shape index (κ3) is 2.93. The van der Waals surface area contributed by atoms with Crippen LogP contribution in [0.5, 0.6) is 0 Å². The van der Waals surface area contributed by atoms with Crippen LogP contribution < -0.4 is 0 Å². The third-order valence-corrected chi connectivity index (χ3v) is 3.57. The summed E-state index contributed by atoms with van der Waals surface area (Å²) in [4.78, 5) is 8.10. The molecule has 22 heavy (non-hydrogen) atoms. The average Bonchev–Trinajstić information content (AvgIpc) is 2.86. The van der Waals surface area contributed by atoms with Gasteiger partial charge < -0.3 is 9.30 Å². The standard InChI is InChI=1S/C16H11Cl2N3O/c1-2-12-8-21(10-22-9-11-6-4-3-5-7-11)14-13(12)19-16(18)20-15(14)17/h1,3-8H,9-10H2. The zero-order chi connectivity index (χ0) is 15.5. The monoisotopic (exact) mass is 331 g/mol. The molecule has 0 amide bonds. The topological polar surface area (TPSA) is 39.9 Å². The minimum absolute atomic E-state index is 0.0666. The molecular weight excluding hydrogens is 321 g/mol. The van der Waals surface area contributed by atoms with Crippen LogP contribution in [0.3, 0.4) is 0 Å². The van der Waals surface area contributed by atoms with Crippen LogP contribution in [0, 0.1) is 12.3 Å². The van der Waals surface area contributed by atoms with Crippen molar-refractivity contribution in [1.82, 2.24) is 14.5 Å². The normalized spacial score (nSPS) is 10.8. The van der Waals surface area contributed by atoms with Crippen molar-refractivity contribution in [2.75, 3.05) is 0 Å². The van der Waals surface area contributed by atoms with E-state index in [1.807, 2.05) is 30.3 Å². The largest absolute Gasteiger partial charge is 0.356 e. The van der Waals surface area contributed by atoms with Crippen LogP contribution in [0.2, 0.25) is 10.4 Å². The summed E-state index contributed by atoms with van der Waals surface area (Å²) >= 11 is 12.0. The molecule has 1 aromatic carbocycles. The highest BCUT2D eigenvalue weighted by atomic mass is 35.5. The van der Waals surface area contributed by atoms with Gasteiger partial charge in [-0.25, -0.2) is 9.97 Å². The molecule has 0 fully saturated rings. The van der Waals surface area contributed by atoms with Crippen LogP contribution in [-0.4, -0.2) is 14.5 Å². The summed E-state index contributed by atoms with van der Waals surface area (Å²) in [5.41, 5.74) is 2.86. The Labute approximate surface area is 137 Å². The molecule has 0 unspecified atom stereocenters. The third-order valence-electron chi connectivity index (χ3n) is 3.14. The van der Waals surface area contributed by atoms with Gasteiger partial charge in [-0.1, -0.05) is 47.9 Å². The lowest BCUT2D eigenvalue weighted by Gasteiger charge is -2.07. The van der Waals surface area contributed by atoms with E-state index < -0.39 is 0 Å². The van der Waals surface area contributed by atoms with Crippen LogP contribution in [0.15, 0.2) is 36.5 Å². The Hall–Kier alpha value is -2.06. The molecule has 2 heterocycles. The van der Waals surface area contributed by atoms with Crippen molar-refractivity contribution < 1.29 is 4.74 Å². The smallest absolute Gasteiger partial charge is 0.224 e. The maximum Gasteiger partial charge on any atom is 0.224 e. The molecule has 0 aliphatic rings. The van der Waals surface area contributed by atoms with E-state index in [4.69, 9.17) is 34.4 Å². The Morgan fingerprint density at radius 3 is 2.68 bits per heavy atom. The maximum absolute atomic E-state index is 6.15. The van der Waals surface area contributed by atoms with Gasteiger partial charge in [0.15, 0.2) is 5.15 Å². The number of rotatable bonds is 4. The molecule has 0 N–H and O–H groups in total. The number of benzene rings is 1. The maximum atomic E-state index is 6.15. The molecule has 0 aliphatic carbocycles. The predicted octanol–water partition coefficient (Wildman–Crippen LogP) is 3.89. The van der Waals surface area contributed by atoms with Crippen molar-refractivity contribution in [3.8, 4) is 12.3 Å². The molecule has 2 aromatic heterocycles. The minimum atomic E-state index is 0.0666. The fraction of sp³-hybridized carbons (Fsp3) is 0.125. The van der Waals surface area contributed by atoms with E-state index in [-0.39, 0.29) is 17.2 Å². The fourth-order valence-electron chi connectivity index (χ4n) is 2.17. The van der Waals surface area contributed by atoms with Crippen molar-refractivity contribution in [3.63, 3.8) is 0 Å². The van der Waals surface area contributed by atoms with Gasteiger partial charge in [0.1, 0.15) is 17.8 Å². The molecule has 0 spiro atoms. The Balaban J connectivity index is 1.86. The Kier molecular flexibility index (Phi) is 4.30. The second-order valence-electron chi connectivity index (χ2n) is 4.60. The molecule has 4 nitrogen and oxygen atoms in total. The van der Waals surface area contributed by atoms with Gasteiger partial charge in [0.2, 0.25) is 5.28 Å². The first-order valence-corrected chi connectivity index (χ1v) is 7.25. The van der Waals surface area contributed by atoms with Crippen molar-refractivity contribution >= 4 is 34.2 Å². The van der Waals surface area contributed by atoms with Crippen molar-refractivity contribution in [3.05, 3.63) is 58.1 Å². The number of terminal acetylenes is 1. The van der Waals surface area contributed by atoms with Crippen molar-refractivity contribution in [2.45, 2.75) is 13.3 Å². The number of nitrogens with zero attached hydrogens (tertiary/aromatic N) is 3. The van der Waals surface area contributed by atoms with Gasteiger partial charge in [-0.05, 0) is 17.2 Å². The quantitative estimate of drug-likeness (QED) is 0.413. The SMILES string of the molecule is C#Cc1cn(COCc2ccccc2)c2c(Cl)nc(Cl)nc12. The van der Waals surface area contributed by atoms with E-state index in [0.717, 1.165) is 5.56 Å². The summed E-state index contributed by atoms with van der Waals surface area (Å²) < 4.78 is 7.49. The highest BCUT2D eigenvalue weighted by molar-refractivity contribution is 6.35. The highest BCUT2D eigenvalue weighted by Crippen LogP contribution is 2.26. The zero-order valence-corrected chi connectivity index (χ0v) is 13.0. The number of hydrogen-bond donors (Lipinski definition) is 0. The average molecular weight is 332 g/mol. The van der Waals surface area contributed by atoms with Gasteiger partial charge in [0, 0.05) is 6.20 Å². The number of aromatic nitrogens is 3. The summed E-state index contributed by atoms with van der Waals surface area (Å²) in [6.07, 6.45) is 7.25. The molecule has 3 rings (SSSR count). The van der Waals surface area contributed by atoms with Gasteiger partial charge >= 0.3 is 0 Å². The second kappa shape index (κ2) is 6.37. The first kappa shape index (κ1) is 14.9. The molecule has 0 bridgehead atoms. The van der Waals surface area contributed by atoms with Gasteiger partial charge in [-0.2, -0.15) is 0 Å². The van der Waals surface area contributed by atoms with Crippen LogP contribution >= 0.6 is 23.2 Å². The van der Waals surface area contributed by atoms with E-state index in [1.165, 1.54) is 0 Å². The van der Waals surface area contributed by atoms with Gasteiger partial charge in [0.25, 0.3) is 0 Å². The number of fused-ring (bicyclic) bond motifs is 1. The summed E-state index contributed by atoms with van der Waals surface area (Å²) in [6, 6.07) is 9.88. The highest BCUT2D eigenvalue weighted by Gasteiger charge is 2.14. The van der Waals surface area contributed by atoms with E-state index in [9.17, 15) is 0 Å². The molecule has 0 aliphatic heterocycles. The molecular formula is C16H11Cl2N3O. The van der Waals surface area contributed by atoms with E-state index in [2.05, 4.69) is 15.9 Å². The summed E-state index contributed by atoms with van der Waals surface area (Å²) in [5, 5.41) is 0.316. The molecule has 6 heteroatoms. The lowest BCUT2D eigenvalue weighted by molar-refractivity contribution is 0.0667. The van der Waals surface area contributed by atoms with E-state index >= 15 is 0 Å². The Bertz CT molecular complexity index is 853. The predicted molar refractivity (Wildman–Crippen MR) is 86.7 cm³/mol. The number of hydrogen-bond acceptors (Lipinski definition) is 3.